The van der Waals surface area contributed by atoms with Crippen molar-refractivity contribution < 1.29 is 19.4 Å². The molecule has 1 aliphatic heterocycles. The fourth-order valence-corrected chi connectivity index (χ4v) is 2.93. The standard InChI is InChI=1S/C16H29N3O4/c1-23-10-2-6-18-8-9-19(12-13(11-18)16(21)22)7-5-15(20)17-14-3-4-14/h13-14H,2-12H2,1H3,(H,17,20)(H,21,22). The molecule has 0 aromatic carbocycles. The third-order valence-electron chi connectivity index (χ3n) is 4.46. The summed E-state index contributed by atoms with van der Waals surface area (Å²) < 4.78 is 5.06. The topological polar surface area (TPSA) is 82.1 Å². The molecule has 2 rings (SSSR count). The van der Waals surface area contributed by atoms with E-state index in [1.165, 1.54) is 0 Å². The Morgan fingerprint density at radius 3 is 2.39 bits per heavy atom. The summed E-state index contributed by atoms with van der Waals surface area (Å²) in [5.74, 6) is -1.07. The van der Waals surface area contributed by atoms with Crippen LogP contribution >= 0.6 is 0 Å². The highest BCUT2D eigenvalue weighted by Gasteiger charge is 2.28. The molecule has 1 amide bonds. The van der Waals surface area contributed by atoms with Crippen molar-refractivity contribution in [3.8, 4) is 0 Å². The fraction of sp³-hybridized carbons (Fsp3) is 0.875. The average Bonchev–Trinajstić information content (AvgIpc) is 3.32. The molecular formula is C16H29N3O4. The van der Waals surface area contributed by atoms with Gasteiger partial charge in [-0.15, -0.1) is 0 Å². The maximum absolute atomic E-state index is 11.8. The van der Waals surface area contributed by atoms with Crippen molar-refractivity contribution in [3.05, 3.63) is 0 Å². The molecule has 0 bridgehead atoms. The highest BCUT2D eigenvalue weighted by molar-refractivity contribution is 5.76. The number of hydrogen-bond donors (Lipinski definition) is 2. The Kier molecular flexibility index (Phi) is 7.26. The van der Waals surface area contributed by atoms with Crippen LogP contribution in [0.25, 0.3) is 0 Å². The van der Waals surface area contributed by atoms with Crippen molar-refractivity contribution in [1.82, 2.24) is 15.1 Å². The summed E-state index contributed by atoms with van der Waals surface area (Å²) >= 11 is 0. The maximum Gasteiger partial charge on any atom is 0.309 e. The Bertz CT molecular complexity index is 401. The Hall–Kier alpha value is -1.18. The van der Waals surface area contributed by atoms with Crippen molar-refractivity contribution in [1.29, 1.82) is 0 Å². The van der Waals surface area contributed by atoms with Crippen LogP contribution in [0.3, 0.4) is 0 Å². The normalized spacial score (nSPS) is 23.4. The molecule has 1 saturated carbocycles. The number of carboxylic acids is 1. The van der Waals surface area contributed by atoms with Gasteiger partial charge in [-0.2, -0.15) is 0 Å². The number of methoxy groups -OCH3 is 1. The van der Waals surface area contributed by atoms with E-state index in [0.717, 1.165) is 38.9 Å². The first-order valence-electron chi connectivity index (χ1n) is 8.54. The quantitative estimate of drug-likeness (QED) is 0.581. The molecule has 1 atom stereocenters. The highest BCUT2D eigenvalue weighted by Crippen LogP contribution is 2.18. The number of ether oxygens (including phenoxy) is 1. The molecule has 7 heteroatoms. The minimum absolute atomic E-state index is 0.0839. The SMILES string of the molecule is COCCCN1CCN(CCC(=O)NC2CC2)CC(C(=O)O)C1. The fourth-order valence-electron chi connectivity index (χ4n) is 2.93. The van der Waals surface area contributed by atoms with Gasteiger partial charge < -0.3 is 25.0 Å². The van der Waals surface area contributed by atoms with E-state index < -0.39 is 11.9 Å². The lowest BCUT2D eigenvalue weighted by atomic mass is 10.1. The van der Waals surface area contributed by atoms with E-state index in [-0.39, 0.29) is 5.91 Å². The minimum atomic E-state index is -0.754. The lowest BCUT2D eigenvalue weighted by molar-refractivity contribution is -0.142. The smallest absolute Gasteiger partial charge is 0.309 e. The van der Waals surface area contributed by atoms with Crippen LogP contribution in [0.5, 0.6) is 0 Å². The van der Waals surface area contributed by atoms with Crippen molar-refractivity contribution in [2.75, 3.05) is 53.0 Å². The van der Waals surface area contributed by atoms with E-state index in [2.05, 4.69) is 15.1 Å². The molecule has 0 aromatic rings. The number of amides is 1. The number of nitrogens with one attached hydrogen (secondary N) is 1. The number of hydrogen-bond acceptors (Lipinski definition) is 5. The molecule has 2 N–H and O–H groups in total. The molecule has 0 spiro atoms. The predicted molar refractivity (Wildman–Crippen MR) is 86.3 cm³/mol. The highest BCUT2D eigenvalue weighted by atomic mass is 16.5. The van der Waals surface area contributed by atoms with Gasteiger partial charge in [-0.25, -0.2) is 0 Å². The van der Waals surface area contributed by atoms with E-state index in [0.29, 0.717) is 38.7 Å². The second-order valence-corrected chi connectivity index (χ2v) is 6.57. The van der Waals surface area contributed by atoms with Gasteiger partial charge in [0.15, 0.2) is 0 Å². The van der Waals surface area contributed by atoms with E-state index in [1.807, 2.05) is 0 Å². The molecule has 1 aliphatic carbocycles. The molecule has 0 radical (unpaired) electrons. The van der Waals surface area contributed by atoms with Crippen molar-refractivity contribution in [2.45, 2.75) is 31.7 Å². The summed E-state index contributed by atoms with van der Waals surface area (Å²) in [5, 5.41) is 12.4. The Balaban J connectivity index is 1.78. The number of nitrogens with zero attached hydrogens (tertiary/aromatic N) is 2. The zero-order valence-electron chi connectivity index (χ0n) is 14.0. The Labute approximate surface area is 138 Å². The molecule has 23 heavy (non-hydrogen) atoms. The average molecular weight is 327 g/mol. The van der Waals surface area contributed by atoms with Gasteiger partial charge in [-0.05, 0) is 19.3 Å². The number of aliphatic carboxylic acids is 1. The van der Waals surface area contributed by atoms with Crippen LogP contribution in [-0.2, 0) is 14.3 Å². The molecular weight excluding hydrogens is 298 g/mol. The zero-order chi connectivity index (χ0) is 16.7. The third-order valence-corrected chi connectivity index (χ3v) is 4.46. The molecule has 7 nitrogen and oxygen atoms in total. The van der Waals surface area contributed by atoms with Crippen molar-refractivity contribution in [3.63, 3.8) is 0 Å². The van der Waals surface area contributed by atoms with Crippen LogP contribution in [0, 0.1) is 5.92 Å². The molecule has 1 unspecified atom stereocenters. The number of carbonyl (C=O) groups excluding carboxylic acids is 1. The van der Waals surface area contributed by atoms with Gasteiger partial charge in [0.25, 0.3) is 0 Å². The summed E-state index contributed by atoms with van der Waals surface area (Å²) in [6.45, 7) is 4.93. The van der Waals surface area contributed by atoms with Crippen LogP contribution < -0.4 is 5.32 Å². The van der Waals surface area contributed by atoms with Gasteiger partial charge in [-0.1, -0.05) is 0 Å². The summed E-state index contributed by atoms with van der Waals surface area (Å²) in [6.07, 6.45) is 3.54. The minimum Gasteiger partial charge on any atom is -0.481 e. The molecule has 2 aliphatic rings. The summed E-state index contributed by atoms with van der Waals surface area (Å²) in [6, 6.07) is 0.384. The first kappa shape index (κ1) is 18.2. The van der Waals surface area contributed by atoms with Gasteiger partial charge in [0.05, 0.1) is 5.92 Å². The van der Waals surface area contributed by atoms with Gasteiger partial charge in [-0.3, -0.25) is 9.59 Å². The number of carbonyl (C=O) groups is 2. The van der Waals surface area contributed by atoms with Gasteiger partial charge in [0, 0.05) is 65.4 Å². The lowest BCUT2D eigenvalue weighted by Crippen LogP contribution is -2.37. The summed E-state index contributed by atoms with van der Waals surface area (Å²) in [5.41, 5.74) is 0. The van der Waals surface area contributed by atoms with Crippen LogP contribution in [0.4, 0.5) is 0 Å². The van der Waals surface area contributed by atoms with Gasteiger partial charge in [0.1, 0.15) is 0 Å². The summed E-state index contributed by atoms with van der Waals surface area (Å²) in [4.78, 5) is 27.6. The molecule has 2 fully saturated rings. The number of rotatable bonds is 9. The Morgan fingerprint density at radius 2 is 1.83 bits per heavy atom. The third kappa shape index (κ3) is 6.85. The van der Waals surface area contributed by atoms with Crippen molar-refractivity contribution in [2.24, 2.45) is 5.92 Å². The van der Waals surface area contributed by atoms with Gasteiger partial charge in [0.2, 0.25) is 5.91 Å². The molecule has 0 aromatic heterocycles. The maximum atomic E-state index is 11.8. The number of carboxylic acid groups (broad SMARTS) is 1. The molecule has 132 valence electrons. The lowest BCUT2D eigenvalue weighted by Gasteiger charge is -2.21. The second kappa shape index (κ2) is 9.20. The monoisotopic (exact) mass is 327 g/mol. The molecule has 1 heterocycles. The van der Waals surface area contributed by atoms with E-state index in [1.54, 1.807) is 7.11 Å². The Morgan fingerprint density at radius 1 is 1.17 bits per heavy atom. The second-order valence-electron chi connectivity index (χ2n) is 6.57. The predicted octanol–water partition coefficient (Wildman–Crippen LogP) is 0.0100. The van der Waals surface area contributed by atoms with Crippen molar-refractivity contribution >= 4 is 11.9 Å². The van der Waals surface area contributed by atoms with E-state index in [9.17, 15) is 14.7 Å². The van der Waals surface area contributed by atoms with E-state index in [4.69, 9.17) is 4.74 Å². The van der Waals surface area contributed by atoms with Crippen LogP contribution in [0.2, 0.25) is 0 Å². The summed E-state index contributed by atoms with van der Waals surface area (Å²) in [7, 11) is 1.68. The molecule has 1 saturated heterocycles. The van der Waals surface area contributed by atoms with Crippen LogP contribution in [-0.4, -0.2) is 85.8 Å². The first-order valence-corrected chi connectivity index (χ1v) is 8.54. The zero-order valence-corrected chi connectivity index (χ0v) is 14.0. The van der Waals surface area contributed by atoms with Crippen LogP contribution in [0.15, 0.2) is 0 Å². The van der Waals surface area contributed by atoms with Crippen LogP contribution in [0.1, 0.15) is 25.7 Å². The van der Waals surface area contributed by atoms with E-state index >= 15 is 0 Å². The van der Waals surface area contributed by atoms with Gasteiger partial charge >= 0.3 is 5.97 Å². The largest absolute Gasteiger partial charge is 0.481 e. The first-order chi connectivity index (χ1) is 11.1.